The molecule has 1 aliphatic heterocycles. The fraction of sp³-hybridized carbons (Fsp3) is 0.417. The summed E-state index contributed by atoms with van der Waals surface area (Å²) >= 11 is 0. The number of nitrogens with zero attached hydrogens (tertiary/aromatic N) is 1. The van der Waals surface area contributed by atoms with Crippen molar-refractivity contribution in [2.45, 2.75) is 25.3 Å². The monoisotopic (exact) mass is 255 g/mol. The van der Waals surface area contributed by atoms with Gasteiger partial charge in [-0.05, 0) is 37.6 Å². The van der Waals surface area contributed by atoms with E-state index in [0.717, 1.165) is 29.8 Å². The molecular formula is C12H15ClFN3. The topological polar surface area (TPSA) is 40.7 Å². The first-order chi connectivity index (χ1) is 7.83. The number of fused-ring (bicyclic) bond motifs is 1. The van der Waals surface area contributed by atoms with Crippen LogP contribution in [0, 0.1) is 5.82 Å². The predicted octanol–water partition coefficient (Wildman–Crippen LogP) is 2.94. The zero-order chi connectivity index (χ0) is 11.0. The lowest BCUT2D eigenvalue weighted by Gasteiger charge is -2.21. The Bertz CT molecular complexity index is 505. The second kappa shape index (κ2) is 5.02. The van der Waals surface area contributed by atoms with Crippen molar-refractivity contribution in [1.29, 1.82) is 0 Å². The van der Waals surface area contributed by atoms with Crippen LogP contribution in [0.1, 0.15) is 31.1 Å². The molecule has 3 nitrogen and oxygen atoms in total. The molecule has 0 radical (unpaired) electrons. The molecule has 0 saturated carbocycles. The highest BCUT2D eigenvalue weighted by Crippen LogP contribution is 2.23. The van der Waals surface area contributed by atoms with E-state index in [1.807, 2.05) is 0 Å². The maximum atomic E-state index is 13.0. The van der Waals surface area contributed by atoms with E-state index in [-0.39, 0.29) is 18.2 Å². The molecule has 1 fully saturated rings. The van der Waals surface area contributed by atoms with E-state index in [2.05, 4.69) is 15.3 Å². The van der Waals surface area contributed by atoms with Gasteiger partial charge in [-0.15, -0.1) is 12.4 Å². The molecule has 2 heterocycles. The van der Waals surface area contributed by atoms with Crippen molar-refractivity contribution in [1.82, 2.24) is 15.3 Å². The molecule has 1 aromatic carbocycles. The highest BCUT2D eigenvalue weighted by molar-refractivity contribution is 5.85. The zero-order valence-corrected chi connectivity index (χ0v) is 10.2. The van der Waals surface area contributed by atoms with Gasteiger partial charge in [0.25, 0.3) is 0 Å². The van der Waals surface area contributed by atoms with Crippen LogP contribution in [0.15, 0.2) is 18.2 Å². The lowest BCUT2D eigenvalue weighted by atomic mass is 10.0. The molecule has 1 saturated heterocycles. The first-order valence-corrected chi connectivity index (χ1v) is 5.71. The summed E-state index contributed by atoms with van der Waals surface area (Å²) in [6.07, 6.45) is 3.55. The molecule has 17 heavy (non-hydrogen) atoms. The summed E-state index contributed by atoms with van der Waals surface area (Å²) in [5, 5.41) is 3.42. The fourth-order valence-electron chi connectivity index (χ4n) is 2.25. The lowest BCUT2D eigenvalue weighted by Crippen LogP contribution is -2.27. The van der Waals surface area contributed by atoms with Gasteiger partial charge in [-0.3, -0.25) is 0 Å². The van der Waals surface area contributed by atoms with Gasteiger partial charge in [0, 0.05) is 0 Å². The number of halogens is 2. The second-order valence-electron chi connectivity index (χ2n) is 4.29. The molecule has 0 spiro atoms. The van der Waals surface area contributed by atoms with Gasteiger partial charge in [0.2, 0.25) is 0 Å². The van der Waals surface area contributed by atoms with E-state index >= 15 is 0 Å². The minimum Gasteiger partial charge on any atom is -0.341 e. The predicted molar refractivity (Wildman–Crippen MR) is 67.9 cm³/mol. The smallest absolute Gasteiger partial charge is 0.125 e. The molecule has 0 aliphatic carbocycles. The number of piperidine rings is 1. The number of hydrogen-bond donors (Lipinski definition) is 2. The van der Waals surface area contributed by atoms with E-state index < -0.39 is 0 Å². The fourth-order valence-corrected chi connectivity index (χ4v) is 2.25. The third kappa shape index (κ3) is 2.42. The standard InChI is InChI=1S/C12H14FN3.ClH/c13-8-4-5-9-11(7-8)16-12(15-9)10-3-1-2-6-14-10;/h4-5,7,10,14H,1-3,6H2,(H,15,16);1H. The molecule has 1 unspecified atom stereocenters. The Morgan fingerprint density at radius 2 is 2.18 bits per heavy atom. The Hall–Kier alpha value is -1.13. The number of H-pyrrole nitrogens is 1. The highest BCUT2D eigenvalue weighted by Gasteiger charge is 2.17. The zero-order valence-electron chi connectivity index (χ0n) is 9.37. The van der Waals surface area contributed by atoms with Crippen molar-refractivity contribution >= 4 is 23.4 Å². The molecule has 92 valence electrons. The Morgan fingerprint density at radius 3 is 2.94 bits per heavy atom. The van der Waals surface area contributed by atoms with Crippen LogP contribution in [0.25, 0.3) is 11.0 Å². The molecule has 2 aromatic rings. The number of rotatable bonds is 1. The van der Waals surface area contributed by atoms with Crippen LogP contribution < -0.4 is 5.32 Å². The number of imidazole rings is 1. The van der Waals surface area contributed by atoms with Gasteiger partial charge in [-0.1, -0.05) is 6.42 Å². The van der Waals surface area contributed by atoms with Crippen LogP contribution in [0.3, 0.4) is 0 Å². The minimum absolute atomic E-state index is 0. The molecule has 3 rings (SSSR count). The lowest BCUT2D eigenvalue weighted by molar-refractivity contribution is 0.400. The molecule has 1 aromatic heterocycles. The van der Waals surface area contributed by atoms with Gasteiger partial charge in [-0.2, -0.15) is 0 Å². The van der Waals surface area contributed by atoms with Gasteiger partial charge in [-0.25, -0.2) is 9.37 Å². The van der Waals surface area contributed by atoms with Gasteiger partial charge in [0.05, 0.1) is 17.1 Å². The third-order valence-electron chi connectivity index (χ3n) is 3.10. The number of aromatic amines is 1. The Morgan fingerprint density at radius 1 is 1.29 bits per heavy atom. The van der Waals surface area contributed by atoms with Crippen molar-refractivity contribution in [3.05, 3.63) is 29.8 Å². The van der Waals surface area contributed by atoms with Crippen molar-refractivity contribution < 1.29 is 4.39 Å². The highest BCUT2D eigenvalue weighted by atomic mass is 35.5. The number of nitrogens with one attached hydrogen (secondary N) is 2. The van der Waals surface area contributed by atoms with Crippen molar-refractivity contribution in [3.8, 4) is 0 Å². The summed E-state index contributed by atoms with van der Waals surface area (Å²) in [5.74, 6) is 0.708. The normalized spacial score (nSPS) is 20.2. The van der Waals surface area contributed by atoms with E-state index in [9.17, 15) is 4.39 Å². The van der Waals surface area contributed by atoms with Crippen LogP contribution in [0.5, 0.6) is 0 Å². The molecule has 2 N–H and O–H groups in total. The quantitative estimate of drug-likeness (QED) is 0.823. The summed E-state index contributed by atoms with van der Waals surface area (Å²) in [4.78, 5) is 7.69. The van der Waals surface area contributed by atoms with Crippen LogP contribution in [0.2, 0.25) is 0 Å². The minimum atomic E-state index is -0.223. The average Bonchev–Trinajstić information content (AvgIpc) is 2.73. The second-order valence-corrected chi connectivity index (χ2v) is 4.29. The summed E-state index contributed by atoms with van der Waals surface area (Å²) in [6, 6.07) is 4.95. The van der Waals surface area contributed by atoms with Crippen LogP contribution in [-0.2, 0) is 0 Å². The maximum absolute atomic E-state index is 13.0. The van der Waals surface area contributed by atoms with Crippen LogP contribution in [0.4, 0.5) is 4.39 Å². The van der Waals surface area contributed by atoms with Crippen molar-refractivity contribution in [2.75, 3.05) is 6.54 Å². The molecule has 0 bridgehead atoms. The summed E-state index contributed by atoms with van der Waals surface area (Å²) in [7, 11) is 0. The van der Waals surface area contributed by atoms with Crippen molar-refractivity contribution in [2.24, 2.45) is 0 Å². The van der Waals surface area contributed by atoms with Gasteiger partial charge in [0.15, 0.2) is 0 Å². The van der Waals surface area contributed by atoms with E-state index in [1.54, 1.807) is 6.07 Å². The SMILES string of the molecule is Cl.Fc1ccc2nc(C3CCCCN3)[nH]c2c1. The Labute approximate surface area is 105 Å². The van der Waals surface area contributed by atoms with E-state index in [0.29, 0.717) is 6.04 Å². The first kappa shape index (κ1) is 12.3. The molecule has 5 heteroatoms. The first-order valence-electron chi connectivity index (χ1n) is 5.71. The van der Waals surface area contributed by atoms with Crippen molar-refractivity contribution in [3.63, 3.8) is 0 Å². The Balaban J connectivity index is 0.00000108. The van der Waals surface area contributed by atoms with Gasteiger partial charge in [0.1, 0.15) is 11.6 Å². The summed E-state index contributed by atoms with van der Waals surface area (Å²) in [6.45, 7) is 1.04. The van der Waals surface area contributed by atoms with Gasteiger partial charge >= 0.3 is 0 Å². The van der Waals surface area contributed by atoms with Crippen LogP contribution >= 0.6 is 12.4 Å². The van der Waals surface area contributed by atoms with E-state index in [4.69, 9.17) is 0 Å². The van der Waals surface area contributed by atoms with E-state index in [1.165, 1.54) is 25.0 Å². The summed E-state index contributed by atoms with van der Waals surface area (Å²) in [5.41, 5.74) is 1.62. The third-order valence-corrected chi connectivity index (χ3v) is 3.10. The molecule has 1 aliphatic rings. The summed E-state index contributed by atoms with van der Waals surface area (Å²) < 4.78 is 13.0. The number of aromatic nitrogens is 2. The van der Waals surface area contributed by atoms with Crippen LogP contribution in [-0.4, -0.2) is 16.5 Å². The number of benzene rings is 1. The largest absolute Gasteiger partial charge is 0.341 e. The number of hydrogen-bond acceptors (Lipinski definition) is 2. The maximum Gasteiger partial charge on any atom is 0.125 e. The molecular weight excluding hydrogens is 241 g/mol. The average molecular weight is 256 g/mol. The Kier molecular flexibility index (Phi) is 3.64. The molecule has 0 amide bonds. The molecule has 1 atom stereocenters. The van der Waals surface area contributed by atoms with Gasteiger partial charge < -0.3 is 10.3 Å².